The van der Waals surface area contributed by atoms with E-state index >= 15 is 0 Å². The van der Waals surface area contributed by atoms with Crippen LogP contribution in [0, 0.1) is 11.6 Å². The monoisotopic (exact) mass is 1440 g/mol. The summed E-state index contributed by atoms with van der Waals surface area (Å²) in [6, 6.07) is 28.8. The average molecular weight is 1440 g/mol. The number of rotatable bonds is 15. The minimum atomic E-state index is -0.991. The number of carbonyl (C=O) groups is 5. The molecule has 6 saturated heterocycles. The van der Waals surface area contributed by atoms with Crippen molar-refractivity contribution in [3.63, 3.8) is 0 Å². The van der Waals surface area contributed by atoms with Crippen LogP contribution in [-0.2, 0) is 4.65 Å². The molecule has 8 N–H and O–H groups in total. The zero-order chi connectivity index (χ0) is 70.2. The first-order valence-electron chi connectivity index (χ1n) is 32.8. The molecule has 6 aliphatic heterocycles. The normalized spacial score (nSPS) is 18.6. The van der Waals surface area contributed by atoms with Crippen molar-refractivity contribution in [2.75, 3.05) is 113 Å². The summed E-state index contributed by atoms with van der Waals surface area (Å²) in [5.74, 6) is -2.47. The van der Waals surface area contributed by atoms with Gasteiger partial charge in [0.25, 0.3) is 29.5 Å². The van der Waals surface area contributed by atoms with Gasteiger partial charge >= 0.3 is 6.92 Å². The number of carbonyl (C=O) groups excluding carboxylic acids is 5. The lowest BCUT2D eigenvalue weighted by Gasteiger charge is -2.37. The predicted molar refractivity (Wildman–Crippen MR) is 384 cm³/mol. The van der Waals surface area contributed by atoms with Crippen molar-refractivity contribution in [3.05, 3.63) is 180 Å². The number of nitrogen functional groups attached to an aromatic ring is 3. The molecule has 6 fully saturated rings. The fourth-order valence-electron chi connectivity index (χ4n) is 13.3. The van der Waals surface area contributed by atoms with E-state index in [0.29, 0.717) is 59.4 Å². The first-order chi connectivity index (χ1) is 47.6. The summed E-state index contributed by atoms with van der Waals surface area (Å²) in [4.78, 5) is 77.5. The molecule has 3 radical (unpaired) electrons. The second kappa shape index (κ2) is 33.4. The molecule has 6 aliphatic rings. The van der Waals surface area contributed by atoms with Crippen LogP contribution in [0.15, 0.2) is 109 Å². The molecule has 0 spiro atoms. The molecule has 523 valence electrons. The van der Waals surface area contributed by atoms with E-state index in [0.717, 1.165) is 89.4 Å². The third kappa shape index (κ3) is 17.5. The molecule has 0 aliphatic carbocycles. The maximum Gasteiger partial charge on any atom is 0.338 e. The number of nitrogens with two attached hydrogens (primary N) is 3. The van der Waals surface area contributed by atoms with Crippen LogP contribution < -0.4 is 37.3 Å². The molecule has 4 unspecified atom stereocenters. The van der Waals surface area contributed by atoms with E-state index in [1.54, 1.807) is 74.4 Å². The van der Waals surface area contributed by atoms with Crippen LogP contribution in [0.1, 0.15) is 121 Å². The second-order valence-electron chi connectivity index (χ2n) is 25.1. The molecule has 0 bridgehead atoms. The summed E-state index contributed by atoms with van der Waals surface area (Å²) in [6.07, 6.45) is 6.30. The van der Waals surface area contributed by atoms with E-state index < -0.39 is 42.5 Å². The lowest BCUT2D eigenvalue weighted by atomic mass is 9.62. The van der Waals surface area contributed by atoms with E-state index in [1.807, 2.05) is 26.8 Å². The topological polar surface area (TPSA) is 286 Å². The number of fused-ring (bicyclic) bond motifs is 3. The molecule has 7 aromatic rings. The SMILES string of the molecule is COB(C)C(Oc1cc(C(=O)Nc2ccc(C(=O)N3CCN4CCCC4C3)cc2)nnc1N)c1c(Cl)ccc(F)c1Cl.C[C@@H](Oc1cc(C(=O)Nc2ccc(C(=O)N3CCN4CCCC4C3)cc2)nnc1N)c1c(Cl)ccc(F)c1Cl.Nc1ccc(C(=O)N2CCN3CCCC3C2)cc1.[B]. The smallest absolute Gasteiger partial charge is 0.338 e. The number of hydrogen-bond donors (Lipinski definition) is 5. The van der Waals surface area contributed by atoms with Gasteiger partial charge in [0.15, 0.2) is 34.5 Å². The van der Waals surface area contributed by atoms with Crippen molar-refractivity contribution in [1.29, 1.82) is 0 Å². The summed E-state index contributed by atoms with van der Waals surface area (Å²) in [6.45, 7) is 13.5. The van der Waals surface area contributed by atoms with Crippen LogP contribution >= 0.6 is 46.4 Å². The van der Waals surface area contributed by atoms with E-state index in [2.05, 4.69) is 45.7 Å². The molecule has 0 saturated carbocycles. The van der Waals surface area contributed by atoms with Gasteiger partial charge in [-0.25, -0.2) is 8.78 Å². The fourth-order valence-corrected chi connectivity index (χ4v) is 14.5. The van der Waals surface area contributed by atoms with Crippen molar-refractivity contribution in [2.24, 2.45) is 0 Å². The first-order valence-corrected chi connectivity index (χ1v) is 34.3. The lowest BCUT2D eigenvalue weighted by Crippen LogP contribution is -2.52. The molecular formula is C69H76B2Cl4F2N15O8. The molecule has 2 aromatic heterocycles. The molecule has 100 heavy (non-hydrogen) atoms. The number of nitrogens with zero attached hydrogens (tertiary/aromatic N) is 10. The van der Waals surface area contributed by atoms with Gasteiger partial charge < -0.3 is 56.7 Å². The van der Waals surface area contributed by atoms with Crippen molar-refractivity contribution in [1.82, 2.24) is 49.8 Å². The Morgan fingerprint density at radius 3 is 1.29 bits per heavy atom. The van der Waals surface area contributed by atoms with Crippen molar-refractivity contribution in [2.45, 2.75) is 82.5 Å². The van der Waals surface area contributed by atoms with Crippen LogP contribution in [0.5, 0.6) is 11.5 Å². The van der Waals surface area contributed by atoms with Crippen LogP contribution in [-0.4, -0.2) is 198 Å². The molecule has 8 heterocycles. The minimum absolute atomic E-state index is 0. The van der Waals surface area contributed by atoms with Crippen LogP contribution in [0.25, 0.3) is 0 Å². The fraction of sp³-hybridized carbons (Fsp3) is 0.377. The van der Waals surface area contributed by atoms with Gasteiger partial charge in [-0.15, -0.1) is 20.4 Å². The number of halogens is 6. The quantitative estimate of drug-likeness (QED) is 0.0362. The third-order valence-electron chi connectivity index (χ3n) is 18.8. The Balaban J connectivity index is 0.000000173. The number of piperazine rings is 3. The van der Waals surface area contributed by atoms with Crippen LogP contribution in [0.4, 0.5) is 37.5 Å². The standard InChI is InChI=1S/C28H30BCl2FN6O4.C27H27Cl2FN6O3.C14H19N3O.B/c1-29(41-2)25(23-19(30)9-10-20(32)24(23)31)42-22-14-21(35-36-26(22)33)27(39)34-17-7-5-16(6-8-17)28(40)38-13-12-37-11-3-4-18(37)15-38;1-15(23-19(28)8-9-20(30)24(23)29)39-22-13-21(33-34-25(22)31)26(37)32-17-6-4-16(5-7-17)27(38)36-12-11-35-10-2-3-18(35)14-36;15-12-5-3-11(4-6-12)14(18)17-9-8-16-7-1-2-13(16)10-17;/h5-10,14,18,25H,3-4,11-13,15H2,1-2H3,(H2,33,36)(H,34,39);4-9,13,15,18H,2-3,10-12,14H2,1H3,(H2,31,34)(H,32,37);3-6,13H,1-2,7-10,15H2;/t;15-,18?;;/m.1../s1. The number of nitrogens with one attached hydrogen (secondary N) is 2. The Kier molecular flexibility index (Phi) is 24.8. The van der Waals surface area contributed by atoms with Gasteiger partial charge in [0.05, 0.1) is 10.0 Å². The Morgan fingerprint density at radius 1 is 0.520 bits per heavy atom. The molecule has 5 aromatic carbocycles. The predicted octanol–water partition coefficient (Wildman–Crippen LogP) is 10.2. The van der Waals surface area contributed by atoms with Crippen molar-refractivity contribution in [3.8, 4) is 11.5 Å². The Bertz CT molecular complexity index is 4110. The number of hydrogen-bond acceptors (Lipinski definition) is 18. The number of amides is 5. The van der Waals surface area contributed by atoms with Gasteiger partial charge in [0.1, 0.15) is 23.7 Å². The van der Waals surface area contributed by atoms with Crippen molar-refractivity contribution >= 4 is 120 Å². The Morgan fingerprint density at radius 2 is 0.890 bits per heavy atom. The molecule has 5 amide bonds. The van der Waals surface area contributed by atoms with E-state index in [1.165, 1.54) is 63.6 Å². The summed E-state index contributed by atoms with van der Waals surface area (Å²) in [7, 11) is 1.45. The van der Waals surface area contributed by atoms with Gasteiger partial charge in [-0.1, -0.05) is 53.2 Å². The number of ether oxygens (including phenoxy) is 2. The largest absolute Gasteiger partial charge is 0.487 e. The van der Waals surface area contributed by atoms with Crippen LogP contribution in [0.3, 0.4) is 0 Å². The molecule has 5 atom stereocenters. The summed E-state index contributed by atoms with van der Waals surface area (Å²) in [5.41, 5.74) is 21.3. The third-order valence-corrected chi connectivity index (χ3v) is 20.2. The molecular weight excluding hydrogens is 1370 g/mol. The summed E-state index contributed by atoms with van der Waals surface area (Å²) in [5, 5.41) is 20.9. The van der Waals surface area contributed by atoms with Gasteiger partial charge in [-0.05, 0) is 162 Å². The second-order valence-corrected chi connectivity index (χ2v) is 26.7. The highest BCUT2D eigenvalue weighted by Crippen LogP contribution is 2.39. The number of anilines is 5. The van der Waals surface area contributed by atoms with Crippen molar-refractivity contribution < 1.29 is 46.9 Å². The summed E-state index contributed by atoms with van der Waals surface area (Å²) >= 11 is 24.8. The van der Waals surface area contributed by atoms with E-state index in [-0.39, 0.29) is 91.9 Å². The highest BCUT2D eigenvalue weighted by Gasteiger charge is 2.37. The van der Waals surface area contributed by atoms with E-state index in [4.69, 9.17) is 77.7 Å². The molecule has 13 rings (SSSR count). The minimum Gasteiger partial charge on any atom is -0.487 e. The van der Waals surface area contributed by atoms with Gasteiger partial charge in [-0.3, -0.25) is 38.7 Å². The Hall–Kier alpha value is -8.40. The average Bonchev–Trinajstić information content (AvgIpc) is 1.07. The van der Waals surface area contributed by atoms with Gasteiger partial charge in [-0.2, -0.15) is 0 Å². The lowest BCUT2D eigenvalue weighted by molar-refractivity contribution is 0.0566. The van der Waals surface area contributed by atoms with E-state index in [9.17, 15) is 32.8 Å². The summed E-state index contributed by atoms with van der Waals surface area (Å²) < 4.78 is 45.5. The maximum atomic E-state index is 14.3. The highest BCUT2D eigenvalue weighted by atomic mass is 35.5. The first kappa shape index (κ1) is 74.3. The number of benzene rings is 5. The van der Waals surface area contributed by atoms with Gasteiger partial charge in [0.2, 0.25) is 0 Å². The molecule has 31 heteroatoms. The van der Waals surface area contributed by atoms with Crippen LogP contribution in [0.2, 0.25) is 26.9 Å². The Labute approximate surface area is 600 Å². The molecule has 23 nitrogen and oxygen atoms in total. The zero-order valence-corrected chi connectivity index (χ0v) is 58.4. The highest BCUT2D eigenvalue weighted by molar-refractivity contribution is 6.52. The number of aromatic nitrogens is 4. The van der Waals surface area contributed by atoms with Gasteiger partial charge in [0, 0.05) is 160 Å². The maximum absolute atomic E-state index is 14.3. The zero-order valence-electron chi connectivity index (χ0n) is 55.4.